The van der Waals surface area contributed by atoms with Gasteiger partial charge in [0.15, 0.2) is 5.11 Å². The Morgan fingerprint density at radius 3 is 2.50 bits per heavy atom. The molecule has 0 amide bonds. The molecule has 1 heterocycles. The van der Waals surface area contributed by atoms with Gasteiger partial charge in [-0.2, -0.15) is 0 Å². The second kappa shape index (κ2) is 6.20. The number of carbonyl (C=O) groups is 1. The smallest absolute Gasteiger partial charge is 0.337 e. The molecule has 1 aromatic carbocycles. The van der Waals surface area contributed by atoms with Gasteiger partial charge in [-0.05, 0) is 49.7 Å². The molecule has 126 valence electrons. The Bertz CT molecular complexity index is 740. The molecule has 0 bridgehead atoms. The standard InChI is InChI=1S/C16H17N3O4S/c1-9-13(15(20)23-2)14(17-16(24)18(9)11-7-8-11)10-3-5-12(6-4-10)19(21)22/h3-6,11,14H,7-8H2,1-2H3,(H,17,24)/t14-/m0/s1. The molecular formula is C16H17N3O4S. The summed E-state index contributed by atoms with van der Waals surface area (Å²) in [7, 11) is 1.34. The van der Waals surface area contributed by atoms with Crippen molar-refractivity contribution >= 4 is 29.0 Å². The molecule has 1 aliphatic heterocycles. The van der Waals surface area contributed by atoms with Crippen LogP contribution in [-0.4, -0.2) is 34.1 Å². The number of rotatable bonds is 4. The van der Waals surface area contributed by atoms with Gasteiger partial charge >= 0.3 is 5.97 Å². The van der Waals surface area contributed by atoms with Crippen LogP contribution in [0.3, 0.4) is 0 Å². The summed E-state index contributed by atoms with van der Waals surface area (Å²) in [5, 5.41) is 14.6. The quantitative estimate of drug-likeness (QED) is 0.387. The number of nitrogens with zero attached hydrogens (tertiary/aromatic N) is 2. The van der Waals surface area contributed by atoms with Crippen molar-refractivity contribution in [1.82, 2.24) is 10.2 Å². The van der Waals surface area contributed by atoms with Gasteiger partial charge in [0.1, 0.15) is 0 Å². The van der Waals surface area contributed by atoms with Crippen LogP contribution in [0.1, 0.15) is 31.4 Å². The minimum absolute atomic E-state index is 0.00272. The minimum Gasteiger partial charge on any atom is -0.466 e. The molecule has 0 unspecified atom stereocenters. The van der Waals surface area contributed by atoms with Crippen LogP contribution in [-0.2, 0) is 9.53 Å². The Balaban J connectivity index is 2.03. The average molecular weight is 347 g/mol. The molecule has 0 spiro atoms. The zero-order valence-corrected chi connectivity index (χ0v) is 14.1. The first-order valence-corrected chi connectivity index (χ1v) is 7.98. The van der Waals surface area contributed by atoms with Gasteiger partial charge in [-0.1, -0.05) is 0 Å². The average Bonchev–Trinajstić information content (AvgIpc) is 3.38. The molecule has 3 rings (SSSR count). The fraction of sp³-hybridized carbons (Fsp3) is 0.375. The molecule has 8 heteroatoms. The van der Waals surface area contributed by atoms with Crippen LogP contribution in [0.15, 0.2) is 35.5 Å². The summed E-state index contributed by atoms with van der Waals surface area (Å²) < 4.78 is 4.94. The van der Waals surface area contributed by atoms with E-state index in [1.807, 2.05) is 11.8 Å². The van der Waals surface area contributed by atoms with Crippen molar-refractivity contribution in [2.75, 3.05) is 7.11 Å². The van der Waals surface area contributed by atoms with Crippen molar-refractivity contribution in [2.24, 2.45) is 0 Å². The third-order valence-electron chi connectivity index (χ3n) is 4.28. The van der Waals surface area contributed by atoms with Crippen LogP contribution in [0.4, 0.5) is 5.69 Å². The Labute approximate surface area is 144 Å². The highest BCUT2D eigenvalue weighted by Crippen LogP contribution is 2.38. The van der Waals surface area contributed by atoms with Gasteiger partial charge in [0.2, 0.25) is 0 Å². The highest BCUT2D eigenvalue weighted by molar-refractivity contribution is 7.80. The summed E-state index contributed by atoms with van der Waals surface area (Å²) in [6.45, 7) is 1.86. The van der Waals surface area contributed by atoms with Crippen molar-refractivity contribution < 1.29 is 14.5 Å². The van der Waals surface area contributed by atoms with E-state index in [9.17, 15) is 14.9 Å². The second-order valence-corrected chi connectivity index (χ2v) is 6.21. The van der Waals surface area contributed by atoms with Gasteiger partial charge in [-0.15, -0.1) is 0 Å². The maximum Gasteiger partial charge on any atom is 0.337 e. The molecule has 24 heavy (non-hydrogen) atoms. The van der Waals surface area contributed by atoms with Gasteiger partial charge in [0, 0.05) is 23.9 Å². The normalized spacial score (nSPS) is 20.7. The van der Waals surface area contributed by atoms with Gasteiger partial charge in [0.05, 0.1) is 23.6 Å². The third kappa shape index (κ3) is 2.84. The largest absolute Gasteiger partial charge is 0.466 e. The summed E-state index contributed by atoms with van der Waals surface area (Å²) in [6, 6.07) is 5.92. The number of hydrogen-bond donors (Lipinski definition) is 1. The van der Waals surface area contributed by atoms with Crippen molar-refractivity contribution in [1.29, 1.82) is 0 Å². The number of carbonyl (C=O) groups excluding carboxylic acids is 1. The Morgan fingerprint density at radius 2 is 2.00 bits per heavy atom. The van der Waals surface area contributed by atoms with Gasteiger partial charge in [-0.25, -0.2) is 4.79 Å². The van der Waals surface area contributed by atoms with Crippen LogP contribution in [0.2, 0.25) is 0 Å². The van der Waals surface area contributed by atoms with Gasteiger partial charge < -0.3 is 15.0 Å². The number of esters is 1. The zero-order chi connectivity index (χ0) is 17.4. The van der Waals surface area contributed by atoms with Crippen LogP contribution in [0, 0.1) is 10.1 Å². The Hall–Kier alpha value is -2.48. The predicted molar refractivity (Wildman–Crippen MR) is 91.1 cm³/mol. The molecular weight excluding hydrogens is 330 g/mol. The van der Waals surface area contributed by atoms with Gasteiger partial charge in [0.25, 0.3) is 5.69 Å². The molecule has 1 saturated carbocycles. The van der Waals surface area contributed by atoms with E-state index in [4.69, 9.17) is 17.0 Å². The number of nitrogens with one attached hydrogen (secondary N) is 1. The lowest BCUT2D eigenvalue weighted by Gasteiger charge is -2.37. The molecule has 0 saturated heterocycles. The Morgan fingerprint density at radius 1 is 1.38 bits per heavy atom. The molecule has 7 nitrogen and oxygen atoms in total. The highest BCUT2D eigenvalue weighted by atomic mass is 32.1. The van der Waals surface area contributed by atoms with E-state index in [0.717, 1.165) is 24.1 Å². The summed E-state index contributed by atoms with van der Waals surface area (Å²) in [5.74, 6) is -0.434. The number of ether oxygens (including phenoxy) is 1. The van der Waals surface area contributed by atoms with Crippen LogP contribution < -0.4 is 5.32 Å². The summed E-state index contributed by atoms with van der Waals surface area (Å²) >= 11 is 5.46. The summed E-state index contributed by atoms with van der Waals surface area (Å²) in [5.41, 5.74) is 1.97. The lowest BCUT2D eigenvalue weighted by molar-refractivity contribution is -0.384. The van der Waals surface area contributed by atoms with Crippen molar-refractivity contribution in [2.45, 2.75) is 31.8 Å². The number of methoxy groups -OCH3 is 1. The zero-order valence-electron chi connectivity index (χ0n) is 13.3. The number of allylic oxidation sites excluding steroid dienone is 1. The van der Waals surface area contributed by atoms with Crippen LogP contribution in [0.5, 0.6) is 0 Å². The summed E-state index contributed by atoms with van der Waals surface area (Å²) in [6.07, 6.45) is 2.08. The van der Waals surface area contributed by atoms with Crippen molar-refractivity contribution in [3.8, 4) is 0 Å². The first kappa shape index (κ1) is 16.4. The topological polar surface area (TPSA) is 84.7 Å². The van der Waals surface area contributed by atoms with E-state index in [1.165, 1.54) is 19.2 Å². The fourth-order valence-corrected chi connectivity index (χ4v) is 3.35. The molecule has 2 aliphatic rings. The van der Waals surface area contributed by atoms with E-state index >= 15 is 0 Å². The molecule has 1 fully saturated rings. The molecule has 1 aromatic rings. The number of hydrogen-bond acceptors (Lipinski definition) is 5. The van der Waals surface area contributed by atoms with Crippen LogP contribution in [0.25, 0.3) is 0 Å². The minimum atomic E-state index is -0.485. The van der Waals surface area contributed by atoms with Crippen molar-refractivity contribution in [3.05, 3.63) is 51.2 Å². The van der Waals surface area contributed by atoms with Gasteiger partial charge in [-0.3, -0.25) is 10.1 Å². The number of thiocarbonyl (C=S) groups is 1. The van der Waals surface area contributed by atoms with Crippen molar-refractivity contribution in [3.63, 3.8) is 0 Å². The van der Waals surface area contributed by atoms with E-state index in [-0.39, 0.29) is 5.69 Å². The SMILES string of the molecule is COC(=O)C1=C(C)N(C2CC2)C(=S)N[C@H]1c1ccc([N+](=O)[O-])cc1. The molecule has 1 aliphatic carbocycles. The monoisotopic (exact) mass is 347 g/mol. The van der Waals surface area contributed by atoms with E-state index in [0.29, 0.717) is 16.7 Å². The molecule has 1 atom stereocenters. The van der Waals surface area contributed by atoms with Crippen LogP contribution >= 0.6 is 12.2 Å². The first-order valence-electron chi connectivity index (χ1n) is 7.57. The fourth-order valence-electron chi connectivity index (χ4n) is 2.94. The first-order chi connectivity index (χ1) is 11.4. The molecule has 0 radical (unpaired) electrons. The summed E-state index contributed by atoms with van der Waals surface area (Å²) in [4.78, 5) is 24.7. The Kier molecular flexibility index (Phi) is 4.23. The molecule has 0 aromatic heterocycles. The number of nitro benzene ring substituents is 1. The van der Waals surface area contributed by atoms with E-state index in [2.05, 4.69) is 5.32 Å². The van der Waals surface area contributed by atoms with E-state index < -0.39 is 16.9 Å². The lowest BCUT2D eigenvalue weighted by Crippen LogP contribution is -2.48. The number of nitro groups is 1. The second-order valence-electron chi connectivity index (χ2n) is 5.82. The maximum absolute atomic E-state index is 12.3. The predicted octanol–water partition coefficient (Wildman–Crippen LogP) is 2.44. The lowest BCUT2D eigenvalue weighted by atomic mass is 9.95. The van der Waals surface area contributed by atoms with E-state index in [1.54, 1.807) is 12.1 Å². The molecule has 1 N–H and O–H groups in total. The third-order valence-corrected chi connectivity index (χ3v) is 4.60. The maximum atomic E-state index is 12.3. The number of benzene rings is 1. The number of non-ortho nitro benzene ring substituents is 1. The highest BCUT2D eigenvalue weighted by Gasteiger charge is 2.40.